The zero-order valence-corrected chi connectivity index (χ0v) is 14.1. The fraction of sp³-hybridized carbons (Fsp3) is 0.0556. The van der Waals surface area contributed by atoms with Crippen molar-refractivity contribution in [1.82, 2.24) is 0 Å². The minimum absolute atomic E-state index is 0.740. The van der Waals surface area contributed by atoms with E-state index >= 15 is 0 Å². The van der Waals surface area contributed by atoms with Crippen molar-refractivity contribution in [3.63, 3.8) is 0 Å². The third-order valence-electron chi connectivity index (χ3n) is 3.98. The molecule has 0 amide bonds. The Hall–Kier alpha value is -1.93. The van der Waals surface area contributed by atoms with Crippen molar-refractivity contribution in [2.24, 2.45) is 0 Å². The molecular weight excluding hydrogens is 326 g/mol. The Morgan fingerprint density at radius 1 is 0.773 bits per heavy atom. The summed E-state index contributed by atoms with van der Waals surface area (Å²) in [6.45, 7) is 2.15. The van der Waals surface area contributed by atoms with Crippen LogP contribution >= 0.6 is 34.0 Å². The van der Waals surface area contributed by atoms with E-state index in [2.05, 4.69) is 37.3 Å². The van der Waals surface area contributed by atoms with E-state index in [1.165, 1.54) is 44.5 Å². The molecule has 1 nitrogen and oxygen atoms in total. The summed E-state index contributed by atoms with van der Waals surface area (Å²) >= 11 is 5.61. The van der Waals surface area contributed by atoms with Gasteiger partial charge in [-0.05, 0) is 37.3 Å². The van der Waals surface area contributed by atoms with Gasteiger partial charge in [0.05, 0.1) is 30.4 Å². The van der Waals surface area contributed by atoms with Gasteiger partial charge in [-0.2, -0.15) is 5.26 Å². The standard InChI is InChI=1S/C18H9NS3/c1-9-2-4-13-11(6-9)15-17(20-13)18-16(22-15)12-7-10(8-19)3-5-14(12)21-18/h2-7H,1H3. The number of aryl methyl sites for hydroxylation is 1. The zero-order chi connectivity index (χ0) is 14.8. The molecule has 3 aromatic heterocycles. The van der Waals surface area contributed by atoms with Gasteiger partial charge in [-0.3, -0.25) is 0 Å². The molecule has 104 valence electrons. The minimum Gasteiger partial charge on any atom is -0.192 e. The molecule has 22 heavy (non-hydrogen) atoms. The van der Waals surface area contributed by atoms with Crippen LogP contribution in [-0.4, -0.2) is 0 Å². The van der Waals surface area contributed by atoms with E-state index in [4.69, 9.17) is 5.26 Å². The van der Waals surface area contributed by atoms with Gasteiger partial charge in [0.1, 0.15) is 0 Å². The molecule has 0 saturated heterocycles. The third-order valence-corrected chi connectivity index (χ3v) is 8.00. The molecule has 5 rings (SSSR count). The Kier molecular flexibility index (Phi) is 2.46. The summed E-state index contributed by atoms with van der Waals surface area (Å²) in [4.78, 5) is 0. The first-order valence-electron chi connectivity index (χ1n) is 6.92. The molecule has 0 bridgehead atoms. The monoisotopic (exact) mass is 335 g/mol. The fourth-order valence-electron chi connectivity index (χ4n) is 2.94. The molecule has 0 N–H and O–H groups in total. The molecule has 0 unspecified atom stereocenters. The van der Waals surface area contributed by atoms with Crippen LogP contribution in [0.15, 0.2) is 36.4 Å². The topological polar surface area (TPSA) is 23.8 Å². The predicted octanol–water partition coefficient (Wildman–Crippen LogP) is 6.66. The molecule has 2 aromatic carbocycles. The van der Waals surface area contributed by atoms with Gasteiger partial charge in [-0.25, -0.2) is 0 Å². The van der Waals surface area contributed by atoms with Gasteiger partial charge < -0.3 is 0 Å². The zero-order valence-electron chi connectivity index (χ0n) is 11.6. The van der Waals surface area contributed by atoms with Crippen LogP contribution in [0.3, 0.4) is 0 Å². The lowest BCUT2D eigenvalue weighted by Gasteiger charge is -1.92. The van der Waals surface area contributed by atoms with E-state index in [-0.39, 0.29) is 0 Å². The van der Waals surface area contributed by atoms with Gasteiger partial charge in [-0.1, -0.05) is 11.6 Å². The highest BCUT2D eigenvalue weighted by molar-refractivity contribution is 7.43. The Bertz CT molecular complexity index is 1240. The summed E-state index contributed by atoms with van der Waals surface area (Å²) in [6.07, 6.45) is 0. The molecule has 0 aliphatic rings. The third kappa shape index (κ3) is 1.56. The molecular formula is C18H9NS3. The highest BCUT2D eigenvalue weighted by Gasteiger charge is 2.16. The number of fused-ring (bicyclic) bond motifs is 7. The van der Waals surface area contributed by atoms with E-state index < -0.39 is 0 Å². The second-order valence-corrected chi connectivity index (χ2v) is 8.57. The molecule has 4 heteroatoms. The number of nitrogens with zero attached hydrogens (tertiary/aromatic N) is 1. The van der Waals surface area contributed by atoms with E-state index in [0.717, 1.165) is 5.56 Å². The molecule has 3 heterocycles. The number of hydrogen-bond donors (Lipinski definition) is 0. The van der Waals surface area contributed by atoms with Gasteiger partial charge in [0.15, 0.2) is 0 Å². The van der Waals surface area contributed by atoms with E-state index in [0.29, 0.717) is 0 Å². The number of nitriles is 1. The normalized spacial score (nSPS) is 11.8. The molecule has 0 spiro atoms. The molecule has 0 saturated carbocycles. The molecule has 0 atom stereocenters. The van der Waals surface area contributed by atoms with Crippen LogP contribution in [-0.2, 0) is 0 Å². The van der Waals surface area contributed by atoms with Crippen LogP contribution in [0, 0.1) is 18.3 Å². The second kappa shape index (κ2) is 4.30. The first-order valence-corrected chi connectivity index (χ1v) is 9.37. The fourth-order valence-corrected chi connectivity index (χ4v) is 7.15. The lowest BCUT2D eigenvalue weighted by Crippen LogP contribution is -1.70. The van der Waals surface area contributed by atoms with Gasteiger partial charge >= 0.3 is 0 Å². The maximum absolute atomic E-state index is 9.14. The predicted molar refractivity (Wildman–Crippen MR) is 99.5 cm³/mol. The van der Waals surface area contributed by atoms with Crippen LogP contribution in [0.1, 0.15) is 11.1 Å². The lowest BCUT2D eigenvalue weighted by molar-refractivity contribution is 1.50. The number of benzene rings is 2. The Labute approximate surface area is 138 Å². The summed E-state index contributed by atoms with van der Waals surface area (Å²) in [6, 6.07) is 15.0. The van der Waals surface area contributed by atoms with E-state index in [1.807, 2.05) is 46.1 Å². The summed E-state index contributed by atoms with van der Waals surface area (Å²) in [5.74, 6) is 0. The first kappa shape index (κ1) is 12.6. The van der Waals surface area contributed by atoms with Crippen molar-refractivity contribution < 1.29 is 0 Å². The van der Waals surface area contributed by atoms with E-state index in [1.54, 1.807) is 0 Å². The Morgan fingerprint density at radius 3 is 2.09 bits per heavy atom. The smallest absolute Gasteiger partial charge is 0.0991 e. The SMILES string of the molecule is Cc1ccc2sc3c(sc4c5cc(C#N)ccc5sc43)c2c1. The quantitative estimate of drug-likeness (QED) is 0.310. The number of thiophene rings is 3. The minimum atomic E-state index is 0.740. The lowest BCUT2D eigenvalue weighted by atomic mass is 10.2. The van der Waals surface area contributed by atoms with Crippen LogP contribution in [0.5, 0.6) is 0 Å². The summed E-state index contributed by atoms with van der Waals surface area (Å²) in [5.41, 5.74) is 2.05. The molecule has 0 aliphatic carbocycles. The summed E-state index contributed by atoms with van der Waals surface area (Å²) in [7, 11) is 0. The van der Waals surface area contributed by atoms with Crippen LogP contribution < -0.4 is 0 Å². The number of hydrogen-bond acceptors (Lipinski definition) is 4. The summed E-state index contributed by atoms with van der Waals surface area (Å²) < 4.78 is 8.15. The highest BCUT2D eigenvalue weighted by Crippen LogP contribution is 2.49. The van der Waals surface area contributed by atoms with Crippen molar-refractivity contribution >= 4 is 73.0 Å². The van der Waals surface area contributed by atoms with Gasteiger partial charge in [-0.15, -0.1) is 34.0 Å². The van der Waals surface area contributed by atoms with Crippen LogP contribution in [0.25, 0.3) is 39.0 Å². The van der Waals surface area contributed by atoms with Crippen LogP contribution in [0.2, 0.25) is 0 Å². The van der Waals surface area contributed by atoms with Crippen molar-refractivity contribution in [2.45, 2.75) is 6.92 Å². The average Bonchev–Trinajstić information content (AvgIpc) is 3.15. The molecule has 0 aliphatic heterocycles. The van der Waals surface area contributed by atoms with Gasteiger partial charge in [0.2, 0.25) is 0 Å². The summed E-state index contributed by atoms with van der Waals surface area (Å²) in [5, 5.41) is 11.7. The van der Waals surface area contributed by atoms with Crippen LogP contribution in [0.4, 0.5) is 0 Å². The number of rotatable bonds is 0. The molecule has 5 aromatic rings. The highest BCUT2D eigenvalue weighted by atomic mass is 32.1. The van der Waals surface area contributed by atoms with E-state index in [9.17, 15) is 0 Å². The largest absolute Gasteiger partial charge is 0.192 e. The molecule has 0 fully saturated rings. The maximum Gasteiger partial charge on any atom is 0.0991 e. The maximum atomic E-state index is 9.14. The van der Waals surface area contributed by atoms with Crippen molar-refractivity contribution in [2.75, 3.05) is 0 Å². The molecule has 0 radical (unpaired) electrons. The Morgan fingerprint density at radius 2 is 1.41 bits per heavy atom. The average molecular weight is 335 g/mol. The second-order valence-electron chi connectivity index (χ2n) is 5.45. The Balaban J connectivity index is 1.99. The van der Waals surface area contributed by atoms with Crippen molar-refractivity contribution in [3.05, 3.63) is 47.5 Å². The van der Waals surface area contributed by atoms with Gasteiger partial charge in [0, 0.05) is 20.2 Å². The van der Waals surface area contributed by atoms with Crippen molar-refractivity contribution in [3.8, 4) is 6.07 Å². The van der Waals surface area contributed by atoms with Crippen molar-refractivity contribution in [1.29, 1.82) is 5.26 Å². The first-order chi connectivity index (χ1) is 10.7. The van der Waals surface area contributed by atoms with Gasteiger partial charge in [0.25, 0.3) is 0 Å².